The van der Waals surface area contributed by atoms with Crippen LogP contribution in [0.2, 0.25) is 10.0 Å². The number of aromatic nitrogens is 1. The molecule has 6 heteroatoms. The van der Waals surface area contributed by atoms with Crippen LogP contribution in [0.1, 0.15) is 11.1 Å². The lowest BCUT2D eigenvalue weighted by Crippen LogP contribution is -1.95. The molecule has 0 spiro atoms. The standard InChI is InChI=1S/C16H10Cl2N2O2/c17-14-7-12(20(21)22)8-15(18)13(14)6-10-5-11-3-1-2-4-16(11)19-9-10/h1-5,7-9H,6H2. The van der Waals surface area contributed by atoms with Crippen molar-refractivity contribution in [3.05, 3.63) is 79.9 Å². The maximum atomic E-state index is 10.8. The van der Waals surface area contributed by atoms with Crippen molar-refractivity contribution in [2.75, 3.05) is 0 Å². The van der Waals surface area contributed by atoms with E-state index in [0.29, 0.717) is 12.0 Å². The zero-order valence-corrected chi connectivity index (χ0v) is 12.8. The minimum absolute atomic E-state index is 0.115. The van der Waals surface area contributed by atoms with Gasteiger partial charge >= 0.3 is 0 Å². The van der Waals surface area contributed by atoms with Crippen molar-refractivity contribution in [2.45, 2.75) is 6.42 Å². The van der Waals surface area contributed by atoms with Crippen LogP contribution in [0.25, 0.3) is 10.9 Å². The highest BCUT2D eigenvalue weighted by Gasteiger charge is 2.15. The van der Waals surface area contributed by atoms with Crippen molar-refractivity contribution in [1.82, 2.24) is 4.98 Å². The summed E-state index contributed by atoms with van der Waals surface area (Å²) in [6.07, 6.45) is 2.23. The third-order valence-corrected chi connectivity index (χ3v) is 4.04. The third kappa shape index (κ3) is 2.89. The van der Waals surface area contributed by atoms with Crippen LogP contribution in [0.15, 0.2) is 48.7 Å². The van der Waals surface area contributed by atoms with Gasteiger partial charge in [0.25, 0.3) is 5.69 Å². The van der Waals surface area contributed by atoms with E-state index >= 15 is 0 Å². The Kier molecular flexibility index (Phi) is 3.96. The summed E-state index contributed by atoms with van der Waals surface area (Å²) in [4.78, 5) is 14.7. The molecule has 0 bridgehead atoms. The van der Waals surface area contributed by atoms with Gasteiger partial charge in [0.1, 0.15) is 0 Å². The molecule has 0 saturated heterocycles. The Morgan fingerprint density at radius 2 is 1.77 bits per heavy atom. The van der Waals surface area contributed by atoms with Crippen molar-refractivity contribution in [1.29, 1.82) is 0 Å². The number of hydrogen-bond donors (Lipinski definition) is 0. The lowest BCUT2D eigenvalue weighted by molar-refractivity contribution is -0.384. The van der Waals surface area contributed by atoms with Gasteiger partial charge in [-0.05, 0) is 23.3 Å². The Morgan fingerprint density at radius 1 is 1.09 bits per heavy atom. The molecule has 0 fully saturated rings. The fraction of sp³-hybridized carbons (Fsp3) is 0.0625. The average molecular weight is 333 g/mol. The molecule has 0 atom stereocenters. The molecule has 0 saturated carbocycles. The van der Waals surface area contributed by atoms with Gasteiger partial charge in [-0.1, -0.05) is 41.4 Å². The quantitative estimate of drug-likeness (QED) is 0.498. The number of hydrogen-bond acceptors (Lipinski definition) is 3. The van der Waals surface area contributed by atoms with Gasteiger partial charge in [-0.2, -0.15) is 0 Å². The Labute approximate surface area is 136 Å². The summed E-state index contributed by atoms with van der Waals surface area (Å²) < 4.78 is 0. The highest BCUT2D eigenvalue weighted by molar-refractivity contribution is 6.36. The van der Waals surface area contributed by atoms with E-state index in [1.807, 2.05) is 30.3 Å². The second-order valence-electron chi connectivity index (χ2n) is 4.86. The fourth-order valence-corrected chi connectivity index (χ4v) is 2.89. The molecule has 3 rings (SSSR count). The predicted octanol–water partition coefficient (Wildman–Crippen LogP) is 5.04. The van der Waals surface area contributed by atoms with E-state index in [2.05, 4.69) is 4.98 Å². The van der Waals surface area contributed by atoms with E-state index in [9.17, 15) is 10.1 Å². The molecule has 110 valence electrons. The van der Waals surface area contributed by atoms with E-state index < -0.39 is 4.92 Å². The Morgan fingerprint density at radius 3 is 2.45 bits per heavy atom. The minimum atomic E-state index is -0.515. The summed E-state index contributed by atoms with van der Waals surface area (Å²) in [5, 5.41) is 12.4. The third-order valence-electron chi connectivity index (χ3n) is 3.36. The summed E-state index contributed by atoms with van der Waals surface area (Å²) in [6.45, 7) is 0. The van der Waals surface area contributed by atoms with Crippen molar-refractivity contribution in [3.8, 4) is 0 Å². The summed E-state index contributed by atoms with van der Waals surface area (Å²) in [7, 11) is 0. The molecular weight excluding hydrogens is 323 g/mol. The predicted molar refractivity (Wildman–Crippen MR) is 87.7 cm³/mol. The molecule has 0 aliphatic carbocycles. The van der Waals surface area contributed by atoms with Crippen molar-refractivity contribution in [2.24, 2.45) is 0 Å². The van der Waals surface area contributed by atoms with Gasteiger partial charge in [0.15, 0.2) is 0 Å². The zero-order valence-electron chi connectivity index (χ0n) is 11.3. The number of pyridine rings is 1. The van der Waals surface area contributed by atoms with Crippen molar-refractivity contribution < 1.29 is 4.92 Å². The molecule has 0 unspecified atom stereocenters. The first kappa shape index (κ1) is 14.8. The molecule has 0 amide bonds. The van der Waals surface area contributed by atoms with E-state index in [-0.39, 0.29) is 15.7 Å². The van der Waals surface area contributed by atoms with Crippen LogP contribution < -0.4 is 0 Å². The molecule has 1 heterocycles. The molecule has 0 N–H and O–H groups in total. The SMILES string of the molecule is O=[N+]([O-])c1cc(Cl)c(Cc2cnc3ccccc3c2)c(Cl)c1. The Bertz CT molecular complexity index is 858. The molecule has 0 aliphatic heterocycles. The summed E-state index contributed by atoms with van der Waals surface area (Å²) in [5.74, 6) is 0. The molecule has 22 heavy (non-hydrogen) atoms. The second-order valence-corrected chi connectivity index (χ2v) is 5.67. The number of nitro benzene ring substituents is 1. The molecule has 2 aromatic carbocycles. The van der Waals surface area contributed by atoms with Crippen molar-refractivity contribution in [3.63, 3.8) is 0 Å². The van der Waals surface area contributed by atoms with Crippen LogP contribution >= 0.6 is 23.2 Å². The fourth-order valence-electron chi connectivity index (χ4n) is 2.28. The number of halogens is 2. The molecule has 3 aromatic rings. The lowest BCUT2D eigenvalue weighted by atomic mass is 10.0. The molecule has 0 aliphatic rings. The lowest BCUT2D eigenvalue weighted by Gasteiger charge is -2.08. The van der Waals surface area contributed by atoms with E-state index in [0.717, 1.165) is 16.5 Å². The maximum Gasteiger partial charge on any atom is 0.272 e. The van der Waals surface area contributed by atoms with Gasteiger partial charge in [-0.25, -0.2) is 0 Å². The summed E-state index contributed by atoms with van der Waals surface area (Å²) in [5.41, 5.74) is 2.39. The Hall–Kier alpha value is -2.17. The number of para-hydroxylation sites is 1. The van der Waals surface area contributed by atoms with Gasteiger partial charge in [0, 0.05) is 30.1 Å². The Balaban J connectivity index is 1.99. The normalized spacial score (nSPS) is 10.8. The zero-order chi connectivity index (χ0) is 15.7. The smallest absolute Gasteiger partial charge is 0.258 e. The highest BCUT2D eigenvalue weighted by Crippen LogP contribution is 2.32. The number of nitro groups is 1. The van der Waals surface area contributed by atoms with Gasteiger partial charge < -0.3 is 0 Å². The van der Waals surface area contributed by atoms with Gasteiger partial charge in [-0.15, -0.1) is 0 Å². The molecular formula is C16H10Cl2N2O2. The van der Waals surface area contributed by atoms with E-state index in [1.165, 1.54) is 12.1 Å². The average Bonchev–Trinajstić information content (AvgIpc) is 2.50. The van der Waals surface area contributed by atoms with Crippen LogP contribution in [-0.4, -0.2) is 9.91 Å². The van der Waals surface area contributed by atoms with Crippen LogP contribution in [0, 0.1) is 10.1 Å². The topological polar surface area (TPSA) is 56.0 Å². The number of nitrogens with zero attached hydrogens (tertiary/aromatic N) is 2. The largest absolute Gasteiger partial charge is 0.272 e. The molecule has 1 aromatic heterocycles. The first-order valence-corrected chi connectivity index (χ1v) is 7.26. The van der Waals surface area contributed by atoms with Crippen LogP contribution in [-0.2, 0) is 6.42 Å². The minimum Gasteiger partial charge on any atom is -0.258 e. The van der Waals surface area contributed by atoms with Gasteiger partial charge in [-0.3, -0.25) is 15.1 Å². The van der Waals surface area contributed by atoms with Crippen LogP contribution in [0.5, 0.6) is 0 Å². The number of fused-ring (bicyclic) bond motifs is 1. The summed E-state index contributed by atoms with van der Waals surface area (Å²) in [6, 6.07) is 12.4. The number of rotatable bonds is 3. The highest BCUT2D eigenvalue weighted by atomic mass is 35.5. The van der Waals surface area contributed by atoms with E-state index in [4.69, 9.17) is 23.2 Å². The second kappa shape index (κ2) is 5.91. The summed E-state index contributed by atoms with van der Waals surface area (Å²) >= 11 is 12.3. The molecule has 4 nitrogen and oxygen atoms in total. The number of benzene rings is 2. The van der Waals surface area contributed by atoms with Gasteiger partial charge in [0.05, 0.1) is 20.5 Å². The van der Waals surface area contributed by atoms with Gasteiger partial charge in [0.2, 0.25) is 0 Å². The van der Waals surface area contributed by atoms with Crippen molar-refractivity contribution >= 4 is 39.8 Å². The van der Waals surface area contributed by atoms with E-state index in [1.54, 1.807) is 6.20 Å². The van der Waals surface area contributed by atoms with Crippen LogP contribution in [0.4, 0.5) is 5.69 Å². The number of non-ortho nitro benzene ring substituents is 1. The first-order chi connectivity index (χ1) is 10.5. The first-order valence-electron chi connectivity index (χ1n) is 6.50. The van der Waals surface area contributed by atoms with Crippen LogP contribution in [0.3, 0.4) is 0 Å². The monoisotopic (exact) mass is 332 g/mol. The molecule has 0 radical (unpaired) electrons. The maximum absolute atomic E-state index is 10.8.